The number of aryl methyl sites for hydroxylation is 1. The van der Waals surface area contributed by atoms with Gasteiger partial charge in [-0.05, 0) is 48.5 Å². The molecule has 2 aromatic carbocycles. The van der Waals surface area contributed by atoms with Crippen molar-refractivity contribution < 1.29 is 22.9 Å². The molecule has 1 aliphatic heterocycles. The zero-order valence-corrected chi connectivity index (χ0v) is 17.1. The minimum absolute atomic E-state index is 0.0647. The van der Waals surface area contributed by atoms with E-state index in [1.165, 1.54) is 36.4 Å². The number of anilines is 1. The molecule has 0 atom stereocenters. The van der Waals surface area contributed by atoms with Crippen LogP contribution in [0.4, 0.5) is 19.3 Å². The first-order chi connectivity index (χ1) is 15.5. The number of carbonyl (C=O) groups excluding carboxylic acids is 2. The minimum atomic E-state index is -0.373. The van der Waals surface area contributed by atoms with E-state index in [0.29, 0.717) is 49.1 Å². The fourth-order valence-electron chi connectivity index (χ4n) is 3.34. The number of amides is 3. The van der Waals surface area contributed by atoms with Gasteiger partial charge in [0, 0.05) is 50.3 Å². The third-order valence-corrected chi connectivity index (χ3v) is 5.14. The van der Waals surface area contributed by atoms with Crippen LogP contribution in [0.15, 0.2) is 53.1 Å². The Hall–Kier alpha value is -3.82. The fourth-order valence-corrected chi connectivity index (χ4v) is 3.34. The van der Waals surface area contributed by atoms with Crippen molar-refractivity contribution in [2.24, 2.45) is 0 Å². The van der Waals surface area contributed by atoms with Crippen molar-refractivity contribution in [3.05, 3.63) is 66.1 Å². The lowest BCUT2D eigenvalue weighted by Gasteiger charge is -2.34. The number of aromatic nitrogens is 2. The van der Waals surface area contributed by atoms with Crippen molar-refractivity contribution in [3.8, 4) is 11.4 Å². The molecule has 2 heterocycles. The van der Waals surface area contributed by atoms with Crippen molar-refractivity contribution in [2.75, 3.05) is 31.5 Å². The first kappa shape index (κ1) is 21.4. The maximum Gasteiger partial charge on any atom is 0.321 e. The van der Waals surface area contributed by atoms with Crippen molar-refractivity contribution in [3.63, 3.8) is 0 Å². The molecule has 3 amide bonds. The quantitative estimate of drug-likeness (QED) is 0.656. The summed E-state index contributed by atoms with van der Waals surface area (Å²) in [6.07, 6.45) is 0.491. The highest BCUT2D eigenvalue weighted by Gasteiger charge is 2.24. The number of nitrogens with one attached hydrogen (secondary N) is 1. The molecule has 1 N–H and O–H groups in total. The second-order valence-corrected chi connectivity index (χ2v) is 7.32. The van der Waals surface area contributed by atoms with Gasteiger partial charge >= 0.3 is 6.03 Å². The molecule has 0 aliphatic carbocycles. The molecule has 8 nitrogen and oxygen atoms in total. The Morgan fingerprint density at radius 1 is 0.906 bits per heavy atom. The van der Waals surface area contributed by atoms with Crippen molar-refractivity contribution in [1.82, 2.24) is 19.9 Å². The molecule has 0 radical (unpaired) electrons. The summed E-state index contributed by atoms with van der Waals surface area (Å²) < 4.78 is 31.2. The molecule has 0 unspecified atom stereocenters. The summed E-state index contributed by atoms with van der Waals surface area (Å²) in [6, 6.07) is 11.0. The number of urea groups is 1. The summed E-state index contributed by atoms with van der Waals surface area (Å²) in [4.78, 5) is 32.4. The van der Waals surface area contributed by atoms with E-state index in [4.69, 9.17) is 4.52 Å². The van der Waals surface area contributed by atoms with Crippen LogP contribution in [0.1, 0.15) is 12.3 Å². The van der Waals surface area contributed by atoms with E-state index in [1.807, 2.05) is 0 Å². The van der Waals surface area contributed by atoms with Gasteiger partial charge in [0.05, 0.1) is 0 Å². The molecule has 32 heavy (non-hydrogen) atoms. The normalized spacial score (nSPS) is 13.8. The highest BCUT2D eigenvalue weighted by Crippen LogP contribution is 2.17. The molecule has 1 fully saturated rings. The van der Waals surface area contributed by atoms with Gasteiger partial charge in [0.15, 0.2) is 0 Å². The van der Waals surface area contributed by atoms with Gasteiger partial charge in [-0.25, -0.2) is 13.6 Å². The van der Waals surface area contributed by atoms with Crippen LogP contribution in [0, 0.1) is 11.6 Å². The van der Waals surface area contributed by atoms with Crippen LogP contribution < -0.4 is 5.32 Å². The molecular formula is C22H21F2N5O3. The van der Waals surface area contributed by atoms with Crippen molar-refractivity contribution in [1.29, 1.82) is 0 Å². The highest BCUT2D eigenvalue weighted by molar-refractivity contribution is 5.89. The lowest BCUT2D eigenvalue weighted by Crippen LogP contribution is -2.51. The van der Waals surface area contributed by atoms with E-state index < -0.39 is 0 Å². The highest BCUT2D eigenvalue weighted by atomic mass is 19.1. The van der Waals surface area contributed by atoms with Gasteiger partial charge in [-0.1, -0.05) is 5.16 Å². The van der Waals surface area contributed by atoms with Crippen LogP contribution in [0.2, 0.25) is 0 Å². The van der Waals surface area contributed by atoms with Gasteiger partial charge < -0.3 is 19.6 Å². The van der Waals surface area contributed by atoms with Gasteiger partial charge in [-0.15, -0.1) is 0 Å². The summed E-state index contributed by atoms with van der Waals surface area (Å²) in [6.45, 7) is 1.63. The van der Waals surface area contributed by atoms with Crippen LogP contribution in [-0.2, 0) is 11.2 Å². The zero-order valence-electron chi connectivity index (χ0n) is 17.1. The number of piperazine rings is 1. The Balaban J connectivity index is 1.23. The largest absolute Gasteiger partial charge is 0.339 e. The molecule has 1 aromatic heterocycles. The minimum Gasteiger partial charge on any atom is -0.339 e. The molecule has 4 rings (SSSR count). The SMILES string of the molecule is O=C(CCc1nc(-c2ccc(F)cc2)no1)N1CCN(C(=O)Nc2ccc(F)cc2)CC1. The molecule has 0 saturated carbocycles. The Kier molecular flexibility index (Phi) is 6.39. The third-order valence-electron chi connectivity index (χ3n) is 5.14. The molecule has 1 saturated heterocycles. The van der Waals surface area contributed by atoms with Gasteiger partial charge in [-0.3, -0.25) is 4.79 Å². The van der Waals surface area contributed by atoms with Crippen molar-refractivity contribution in [2.45, 2.75) is 12.8 Å². The molecule has 0 bridgehead atoms. The summed E-state index contributed by atoms with van der Waals surface area (Å²) in [7, 11) is 0. The number of halogens is 2. The Bertz CT molecular complexity index is 1080. The second-order valence-electron chi connectivity index (χ2n) is 7.32. The smallest absolute Gasteiger partial charge is 0.321 e. The van der Waals surface area contributed by atoms with E-state index >= 15 is 0 Å². The van der Waals surface area contributed by atoms with E-state index in [-0.39, 0.29) is 36.4 Å². The molecule has 1 aliphatic rings. The van der Waals surface area contributed by atoms with Crippen LogP contribution in [0.5, 0.6) is 0 Å². The number of benzene rings is 2. The summed E-state index contributed by atoms with van der Waals surface area (Å²) in [5.74, 6) is -0.119. The predicted molar refractivity (Wildman–Crippen MR) is 112 cm³/mol. The van der Waals surface area contributed by atoms with E-state index in [0.717, 1.165) is 0 Å². The average Bonchev–Trinajstić information content (AvgIpc) is 3.28. The zero-order chi connectivity index (χ0) is 22.5. The maximum absolute atomic E-state index is 13.0. The number of nitrogens with zero attached hydrogens (tertiary/aromatic N) is 4. The van der Waals surface area contributed by atoms with Crippen LogP contribution >= 0.6 is 0 Å². The first-order valence-electron chi connectivity index (χ1n) is 10.2. The van der Waals surface area contributed by atoms with Crippen molar-refractivity contribution >= 4 is 17.6 Å². The summed E-state index contributed by atoms with van der Waals surface area (Å²) >= 11 is 0. The Morgan fingerprint density at radius 3 is 2.16 bits per heavy atom. The van der Waals surface area contributed by atoms with Gasteiger partial charge in [0.2, 0.25) is 17.6 Å². The molecule has 166 valence electrons. The molecule has 3 aromatic rings. The average molecular weight is 441 g/mol. The lowest BCUT2D eigenvalue weighted by atomic mass is 10.2. The lowest BCUT2D eigenvalue weighted by molar-refractivity contribution is -0.132. The number of rotatable bonds is 5. The third kappa shape index (κ3) is 5.26. The molecule has 10 heteroatoms. The van der Waals surface area contributed by atoms with Gasteiger partial charge in [-0.2, -0.15) is 4.98 Å². The van der Waals surface area contributed by atoms with Crippen LogP contribution in [0.3, 0.4) is 0 Å². The number of hydrogen-bond donors (Lipinski definition) is 1. The fraction of sp³-hybridized carbons (Fsp3) is 0.273. The van der Waals surface area contributed by atoms with Gasteiger partial charge in [0.25, 0.3) is 0 Å². The predicted octanol–water partition coefficient (Wildman–Crippen LogP) is 3.32. The van der Waals surface area contributed by atoms with E-state index in [1.54, 1.807) is 21.9 Å². The monoisotopic (exact) mass is 441 g/mol. The summed E-state index contributed by atoms with van der Waals surface area (Å²) in [5, 5.41) is 6.59. The second kappa shape index (κ2) is 9.54. The Morgan fingerprint density at radius 2 is 1.50 bits per heavy atom. The van der Waals surface area contributed by atoms with Gasteiger partial charge in [0.1, 0.15) is 11.6 Å². The Labute approximate surface area is 182 Å². The van der Waals surface area contributed by atoms with E-state index in [2.05, 4.69) is 15.5 Å². The number of carbonyl (C=O) groups is 2. The molecule has 0 spiro atoms. The van der Waals surface area contributed by atoms with Crippen LogP contribution in [-0.4, -0.2) is 58.1 Å². The maximum atomic E-state index is 13.0. The van der Waals surface area contributed by atoms with E-state index in [9.17, 15) is 18.4 Å². The van der Waals surface area contributed by atoms with Crippen LogP contribution in [0.25, 0.3) is 11.4 Å². The topological polar surface area (TPSA) is 91.6 Å². The molecular weight excluding hydrogens is 420 g/mol. The summed E-state index contributed by atoms with van der Waals surface area (Å²) in [5.41, 5.74) is 1.14. The first-order valence-corrected chi connectivity index (χ1v) is 10.2. The number of hydrogen-bond acceptors (Lipinski definition) is 5. The standard InChI is InChI=1S/C22H21F2N5O3/c23-16-3-1-15(2-4-16)21-26-19(32-27-21)9-10-20(30)28-11-13-29(14-12-28)22(31)25-18-7-5-17(24)6-8-18/h1-8H,9-14H2,(H,25,31).